The van der Waals surface area contributed by atoms with E-state index in [1.807, 2.05) is 25.1 Å². The number of hydrogen-bond donors (Lipinski definition) is 1. The van der Waals surface area contributed by atoms with Crippen molar-refractivity contribution in [2.45, 2.75) is 44.9 Å². The number of carbonyl (C=O) groups excluding carboxylic acids is 1. The second kappa shape index (κ2) is 10.2. The van der Waals surface area contributed by atoms with Crippen LogP contribution in [0.2, 0.25) is 5.02 Å². The SMILES string of the molecule is CCn1c(SCC(=O)NCc2ccccc2Cl)nc2nc(N3CCC(C)CC3)sc2c1=O. The van der Waals surface area contributed by atoms with Gasteiger partial charge in [-0.15, -0.1) is 0 Å². The number of fused-ring (bicyclic) bond motifs is 1. The molecule has 1 saturated heterocycles. The number of nitrogens with one attached hydrogen (secondary N) is 1. The zero-order valence-electron chi connectivity index (χ0n) is 18.1. The summed E-state index contributed by atoms with van der Waals surface area (Å²) in [5.41, 5.74) is 1.24. The molecule has 3 aromatic rings. The van der Waals surface area contributed by atoms with Gasteiger partial charge >= 0.3 is 0 Å². The van der Waals surface area contributed by atoms with Gasteiger partial charge in [0.2, 0.25) is 5.91 Å². The number of anilines is 1. The first-order chi connectivity index (χ1) is 15.5. The van der Waals surface area contributed by atoms with Gasteiger partial charge in [-0.25, -0.2) is 4.98 Å². The third-order valence-electron chi connectivity index (χ3n) is 5.61. The Morgan fingerprint density at radius 1 is 1.28 bits per heavy atom. The van der Waals surface area contributed by atoms with Crippen LogP contribution in [0, 0.1) is 5.92 Å². The van der Waals surface area contributed by atoms with Crippen molar-refractivity contribution >= 4 is 56.1 Å². The van der Waals surface area contributed by atoms with Gasteiger partial charge in [0, 0.05) is 31.2 Å². The van der Waals surface area contributed by atoms with E-state index >= 15 is 0 Å². The smallest absolute Gasteiger partial charge is 0.273 e. The standard InChI is InChI=1S/C22H26ClN5O2S2/c1-3-28-20(30)18-19(25-21(32-18)27-10-8-14(2)9-11-27)26-22(28)31-13-17(29)24-12-15-6-4-5-7-16(15)23/h4-7,14H,3,8-13H2,1-2H3,(H,24,29). The van der Waals surface area contributed by atoms with Gasteiger partial charge in [-0.3, -0.25) is 14.2 Å². The number of aromatic nitrogens is 3. The number of carbonyl (C=O) groups is 1. The number of halogens is 1. The highest BCUT2D eigenvalue weighted by Gasteiger charge is 2.22. The summed E-state index contributed by atoms with van der Waals surface area (Å²) in [6.07, 6.45) is 2.26. The van der Waals surface area contributed by atoms with Gasteiger partial charge in [0.05, 0.1) is 5.75 Å². The Morgan fingerprint density at radius 2 is 2.03 bits per heavy atom. The molecule has 3 heterocycles. The summed E-state index contributed by atoms with van der Waals surface area (Å²) in [4.78, 5) is 37.0. The van der Waals surface area contributed by atoms with Crippen LogP contribution in [-0.2, 0) is 17.9 Å². The van der Waals surface area contributed by atoms with Crippen molar-refractivity contribution in [1.82, 2.24) is 19.9 Å². The number of nitrogens with zero attached hydrogens (tertiary/aromatic N) is 4. The van der Waals surface area contributed by atoms with Gasteiger partial charge in [-0.2, -0.15) is 4.98 Å². The van der Waals surface area contributed by atoms with Crippen molar-refractivity contribution < 1.29 is 4.79 Å². The van der Waals surface area contributed by atoms with E-state index in [4.69, 9.17) is 11.6 Å². The molecule has 0 radical (unpaired) electrons. The van der Waals surface area contributed by atoms with Crippen molar-refractivity contribution in [1.29, 1.82) is 0 Å². The van der Waals surface area contributed by atoms with Crippen molar-refractivity contribution in [2.24, 2.45) is 5.92 Å². The first kappa shape index (κ1) is 23.1. The maximum Gasteiger partial charge on any atom is 0.273 e. The van der Waals surface area contributed by atoms with E-state index in [0.29, 0.717) is 33.6 Å². The molecule has 0 bridgehead atoms. The van der Waals surface area contributed by atoms with Gasteiger partial charge in [0.25, 0.3) is 5.56 Å². The third-order valence-corrected chi connectivity index (χ3v) is 8.04. The second-order valence-electron chi connectivity index (χ2n) is 7.92. The highest BCUT2D eigenvalue weighted by atomic mass is 35.5. The molecule has 1 aliphatic heterocycles. The van der Waals surface area contributed by atoms with Crippen LogP contribution in [0.3, 0.4) is 0 Å². The van der Waals surface area contributed by atoms with Crippen molar-refractivity contribution in [3.63, 3.8) is 0 Å². The van der Waals surface area contributed by atoms with E-state index in [2.05, 4.69) is 27.1 Å². The van der Waals surface area contributed by atoms with Gasteiger partial charge in [-0.1, -0.05) is 59.8 Å². The summed E-state index contributed by atoms with van der Waals surface area (Å²) in [6, 6.07) is 7.41. The van der Waals surface area contributed by atoms with Gasteiger partial charge in [0.1, 0.15) is 4.70 Å². The van der Waals surface area contributed by atoms with Crippen LogP contribution in [0.4, 0.5) is 5.13 Å². The number of piperidine rings is 1. The van der Waals surface area contributed by atoms with Crippen LogP contribution in [0.1, 0.15) is 32.3 Å². The second-order valence-corrected chi connectivity index (χ2v) is 10.2. The summed E-state index contributed by atoms with van der Waals surface area (Å²) >= 11 is 8.81. The molecule has 1 aromatic carbocycles. The molecule has 1 aliphatic rings. The number of hydrogen-bond acceptors (Lipinski definition) is 7. The van der Waals surface area contributed by atoms with E-state index in [-0.39, 0.29) is 17.2 Å². The molecular weight excluding hydrogens is 466 g/mol. The maximum absolute atomic E-state index is 13.1. The first-order valence-corrected chi connectivity index (χ1v) is 12.9. The maximum atomic E-state index is 13.1. The first-order valence-electron chi connectivity index (χ1n) is 10.8. The Hall–Kier alpha value is -2.10. The molecule has 0 aliphatic carbocycles. The fourth-order valence-corrected chi connectivity index (χ4v) is 5.71. The largest absolute Gasteiger partial charge is 0.351 e. The molecule has 1 amide bonds. The highest BCUT2D eigenvalue weighted by Crippen LogP contribution is 2.30. The van der Waals surface area contributed by atoms with Crippen LogP contribution >= 0.6 is 34.7 Å². The summed E-state index contributed by atoms with van der Waals surface area (Å²) in [5, 5.41) is 4.87. The van der Waals surface area contributed by atoms with Crippen LogP contribution in [0.5, 0.6) is 0 Å². The highest BCUT2D eigenvalue weighted by molar-refractivity contribution is 7.99. The Balaban J connectivity index is 1.47. The Kier molecular flexibility index (Phi) is 7.37. The number of thiazole rings is 1. The Morgan fingerprint density at radius 3 is 2.75 bits per heavy atom. The molecule has 170 valence electrons. The van der Waals surface area contributed by atoms with Crippen LogP contribution in [-0.4, -0.2) is 39.3 Å². The monoisotopic (exact) mass is 491 g/mol. The fraction of sp³-hybridized carbons (Fsp3) is 0.455. The van der Waals surface area contributed by atoms with Crippen LogP contribution in [0.25, 0.3) is 10.3 Å². The minimum atomic E-state index is -0.145. The quantitative estimate of drug-likeness (QED) is 0.394. The Labute approximate surface area is 200 Å². The predicted molar refractivity (Wildman–Crippen MR) is 132 cm³/mol. The van der Waals surface area contributed by atoms with Gasteiger partial charge < -0.3 is 10.2 Å². The lowest BCUT2D eigenvalue weighted by atomic mass is 10.00. The number of thioether (sulfide) groups is 1. The lowest BCUT2D eigenvalue weighted by Gasteiger charge is -2.29. The minimum Gasteiger partial charge on any atom is -0.351 e. The van der Waals surface area contributed by atoms with E-state index < -0.39 is 0 Å². The molecule has 0 saturated carbocycles. The third kappa shape index (κ3) is 5.10. The number of benzene rings is 1. The van der Waals surface area contributed by atoms with Crippen molar-refractivity contribution in [2.75, 3.05) is 23.7 Å². The molecule has 32 heavy (non-hydrogen) atoms. The lowest BCUT2D eigenvalue weighted by Crippen LogP contribution is -2.32. The zero-order valence-corrected chi connectivity index (χ0v) is 20.5. The van der Waals surface area contributed by atoms with Gasteiger partial charge in [0.15, 0.2) is 15.9 Å². The molecule has 2 aromatic heterocycles. The minimum absolute atomic E-state index is 0.0920. The summed E-state index contributed by atoms with van der Waals surface area (Å²) in [5.74, 6) is 0.736. The number of rotatable bonds is 7. The zero-order chi connectivity index (χ0) is 22.7. The molecule has 1 N–H and O–H groups in total. The Bertz CT molecular complexity index is 1170. The van der Waals surface area contributed by atoms with Crippen LogP contribution in [0.15, 0.2) is 34.2 Å². The van der Waals surface area contributed by atoms with Gasteiger partial charge in [-0.05, 0) is 37.3 Å². The number of amides is 1. The summed E-state index contributed by atoms with van der Waals surface area (Å²) in [6.45, 7) is 6.93. The molecular formula is C22H26ClN5O2S2. The fourth-order valence-electron chi connectivity index (χ4n) is 3.62. The van der Waals surface area contributed by atoms with E-state index in [9.17, 15) is 9.59 Å². The molecule has 4 rings (SSSR count). The van der Waals surface area contributed by atoms with E-state index in [1.54, 1.807) is 10.6 Å². The van der Waals surface area contributed by atoms with Crippen molar-refractivity contribution in [3.05, 3.63) is 45.2 Å². The average Bonchev–Trinajstić information content (AvgIpc) is 3.22. The molecule has 10 heteroatoms. The van der Waals surface area contributed by atoms with E-state index in [0.717, 1.165) is 42.5 Å². The molecule has 1 fully saturated rings. The summed E-state index contributed by atoms with van der Waals surface area (Å²) in [7, 11) is 0. The molecule has 0 unspecified atom stereocenters. The van der Waals surface area contributed by atoms with Crippen LogP contribution < -0.4 is 15.8 Å². The predicted octanol–water partition coefficient (Wildman–Crippen LogP) is 4.17. The normalized spacial score (nSPS) is 14.8. The molecule has 0 spiro atoms. The summed E-state index contributed by atoms with van der Waals surface area (Å²) < 4.78 is 2.20. The lowest BCUT2D eigenvalue weighted by molar-refractivity contribution is -0.118. The van der Waals surface area contributed by atoms with E-state index in [1.165, 1.54) is 23.1 Å². The average molecular weight is 492 g/mol. The molecule has 7 nitrogen and oxygen atoms in total. The topological polar surface area (TPSA) is 80.1 Å². The molecule has 0 atom stereocenters. The van der Waals surface area contributed by atoms with Crippen molar-refractivity contribution in [3.8, 4) is 0 Å².